The standard InChI is InChI=1S/C26H21ClN2O4/c1-2-13-33-21-7-3-6-19(14-21)23-22(24(30)18-8-10-20(27)11-9-18)25(31)26(32)29(23)16-17-5-4-12-28-15-17/h2-12,14-15,23,30H,1,13,16H2/b24-22+/t23-/m1/s1. The molecule has 2 heterocycles. The summed E-state index contributed by atoms with van der Waals surface area (Å²) in [4.78, 5) is 31.8. The first-order valence-corrected chi connectivity index (χ1v) is 10.6. The van der Waals surface area contributed by atoms with Gasteiger partial charge in [0.2, 0.25) is 0 Å². The number of hydrogen-bond acceptors (Lipinski definition) is 5. The Kier molecular flexibility index (Phi) is 6.56. The number of carbonyl (C=O) groups excluding carboxylic acids is 2. The third kappa shape index (κ3) is 4.66. The molecule has 1 atom stereocenters. The van der Waals surface area contributed by atoms with Crippen molar-refractivity contribution in [2.75, 3.05) is 6.61 Å². The van der Waals surface area contributed by atoms with Gasteiger partial charge in [-0.15, -0.1) is 0 Å². The summed E-state index contributed by atoms with van der Waals surface area (Å²) in [7, 11) is 0. The van der Waals surface area contributed by atoms with Crippen LogP contribution in [0, 0.1) is 0 Å². The number of benzene rings is 2. The van der Waals surface area contributed by atoms with Gasteiger partial charge < -0.3 is 14.7 Å². The van der Waals surface area contributed by atoms with Crippen LogP contribution in [-0.4, -0.2) is 33.3 Å². The third-order valence-corrected chi connectivity index (χ3v) is 5.53. The second-order valence-corrected chi connectivity index (χ2v) is 7.90. The highest BCUT2D eigenvalue weighted by molar-refractivity contribution is 6.46. The first-order chi connectivity index (χ1) is 16.0. The van der Waals surface area contributed by atoms with Crippen molar-refractivity contribution >= 4 is 29.1 Å². The minimum absolute atomic E-state index is 0.00656. The van der Waals surface area contributed by atoms with E-state index >= 15 is 0 Å². The van der Waals surface area contributed by atoms with Gasteiger partial charge in [0.1, 0.15) is 18.1 Å². The molecule has 1 aromatic heterocycles. The van der Waals surface area contributed by atoms with Gasteiger partial charge in [-0.25, -0.2) is 0 Å². The normalized spacial score (nSPS) is 17.2. The van der Waals surface area contributed by atoms with Crippen molar-refractivity contribution in [1.29, 1.82) is 0 Å². The summed E-state index contributed by atoms with van der Waals surface area (Å²) < 4.78 is 5.65. The molecule has 33 heavy (non-hydrogen) atoms. The maximum absolute atomic E-state index is 13.1. The summed E-state index contributed by atoms with van der Waals surface area (Å²) in [5.74, 6) is -1.16. The summed E-state index contributed by atoms with van der Waals surface area (Å²) >= 11 is 5.97. The number of likely N-dealkylation sites (tertiary alicyclic amines) is 1. The summed E-state index contributed by atoms with van der Waals surface area (Å²) in [6.45, 7) is 4.11. The smallest absolute Gasteiger partial charge is 0.295 e. The molecule has 4 rings (SSSR count). The average molecular weight is 461 g/mol. The highest BCUT2D eigenvalue weighted by Gasteiger charge is 2.46. The van der Waals surface area contributed by atoms with Crippen LogP contribution in [0.15, 0.2) is 91.3 Å². The fourth-order valence-corrected chi connectivity index (χ4v) is 3.90. The zero-order valence-electron chi connectivity index (χ0n) is 17.6. The van der Waals surface area contributed by atoms with Crippen LogP contribution < -0.4 is 4.74 Å². The predicted molar refractivity (Wildman–Crippen MR) is 126 cm³/mol. The molecule has 6 nitrogen and oxygen atoms in total. The second kappa shape index (κ2) is 9.71. The zero-order valence-corrected chi connectivity index (χ0v) is 18.4. The van der Waals surface area contributed by atoms with E-state index in [-0.39, 0.29) is 17.9 Å². The van der Waals surface area contributed by atoms with E-state index in [0.29, 0.717) is 28.5 Å². The average Bonchev–Trinajstić information content (AvgIpc) is 3.08. The van der Waals surface area contributed by atoms with Gasteiger partial charge in [0.05, 0.1) is 11.6 Å². The van der Waals surface area contributed by atoms with Crippen LogP contribution in [0.5, 0.6) is 5.75 Å². The van der Waals surface area contributed by atoms with E-state index in [2.05, 4.69) is 11.6 Å². The quantitative estimate of drug-likeness (QED) is 0.234. The number of carbonyl (C=O) groups is 2. The predicted octanol–water partition coefficient (Wildman–Crippen LogP) is 4.92. The minimum Gasteiger partial charge on any atom is -0.507 e. The van der Waals surface area contributed by atoms with Crippen molar-refractivity contribution in [3.05, 3.63) is 113 Å². The topological polar surface area (TPSA) is 79.7 Å². The van der Waals surface area contributed by atoms with E-state index in [1.165, 1.54) is 4.90 Å². The minimum atomic E-state index is -0.812. The molecule has 3 aromatic rings. The molecule has 0 bridgehead atoms. The molecule has 1 aliphatic heterocycles. The van der Waals surface area contributed by atoms with Crippen LogP contribution in [-0.2, 0) is 16.1 Å². The number of Topliss-reactive ketones (excluding diaryl/α,β-unsaturated/α-hetero) is 1. The first kappa shape index (κ1) is 22.3. The van der Waals surface area contributed by atoms with Crippen LogP contribution in [0.3, 0.4) is 0 Å². The molecule has 1 saturated heterocycles. The van der Waals surface area contributed by atoms with Gasteiger partial charge in [0.15, 0.2) is 0 Å². The van der Waals surface area contributed by atoms with E-state index in [0.717, 1.165) is 5.56 Å². The van der Waals surface area contributed by atoms with Crippen molar-refractivity contribution in [3.63, 3.8) is 0 Å². The Hall–Kier alpha value is -3.90. The lowest BCUT2D eigenvalue weighted by Gasteiger charge is -2.25. The summed E-state index contributed by atoms with van der Waals surface area (Å²) in [6.07, 6.45) is 4.90. The molecule has 1 N–H and O–H groups in total. The van der Waals surface area contributed by atoms with Crippen molar-refractivity contribution < 1.29 is 19.4 Å². The summed E-state index contributed by atoms with van der Waals surface area (Å²) in [5, 5.41) is 11.6. The molecule has 0 radical (unpaired) electrons. The Morgan fingerprint density at radius 1 is 1.15 bits per heavy atom. The van der Waals surface area contributed by atoms with Crippen molar-refractivity contribution in [3.8, 4) is 5.75 Å². The van der Waals surface area contributed by atoms with Gasteiger partial charge in [-0.1, -0.05) is 42.5 Å². The van der Waals surface area contributed by atoms with Crippen LogP contribution >= 0.6 is 11.6 Å². The lowest BCUT2D eigenvalue weighted by molar-refractivity contribution is -0.140. The SMILES string of the molecule is C=CCOc1cccc([C@@H]2/C(=C(\O)c3ccc(Cl)cc3)C(=O)C(=O)N2Cc2cccnc2)c1. The molecule has 1 fully saturated rings. The maximum atomic E-state index is 13.1. The number of halogens is 1. The molecule has 0 spiro atoms. The Morgan fingerprint density at radius 2 is 1.94 bits per heavy atom. The van der Waals surface area contributed by atoms with Gasteiger partial charge in [0, 0.05) is 29.5 Å². The number of ether oxygens (including phenoxy) is 1. The highest BCUT2D eigenvalue weighted by atomic mass is 35.5. The van der Waals surface area contributed by atoms with Crippen LogP contribution in [0.1, 0.15) is 22.7 Å². The van der Waals surface area contributed by atoms with Crippen LogP contribution in [0.2, 0.25) is 5.02 Å². The number of rotatable bonds is 7. The third-order valence-electron chi connectivity index (χ3n) is 5.28. The Labute approximate surface area is 196 Å². The Morgan fingerprint density at radius 3 is 2.64 bits per heavy atom. The molecule has 7 heteroatoms. The van der Waals surface area contributed by atoms with Crippen molar-refractivity contribution in [2.45, 2.75) is 12.6 Å². The monoisotopic (exact) mass is 460 g/mol. The van der Waals surface area contributed by atoms with Crippen LogP contribution in [0.25, 0.3) is 5.76 Å². The fourth-order valence-electron chi connectivity index (χ4n) is 3.77. The molecule has 2 aromatic carbocycles. The molecule has 1 amide bonds. The van der Waals surface area contributed by atoms with Crippen LogP contribution in [0.4, 0.5) is 0 Å². The largest absolute Gasteiger partial charge is 0.507 e. The van der Waals surface area contributed by atoms with Gasteiger partial charge >= 0.3 is 0 Å². The number of aliphatic hydroxyl groups excluding tert-OH is 1. The van der Waals surface area contributed by atoms with E-state index < -0.39 is 17.7 Å². The van der Waals surface area contributed by atoms with E-state index in [1.807, 2.05) is 6.07 Å². The Balaban J connectivity index is 1.84. The maximum Gasteiger partial charge on any atom is 0.295 e. The van der Waals surface area contributed by atoms with Gasteiger partial charge in [-0.05, 0) is 53.6 Å². The number of hydrogen-bond donors (Lipinski definition) is 1. The number of nitrogens with zero attached hydrogens (tertiary/aromatic N) is 2. The van der Waals surface area contributed by atoms with Gasteiger partial charge in [0.25, 0.3) is 11.7 Å². The molecule has 1 aliphatic rings. The van der Waals surface area contributed by atoms with E-state index in [1.54, 1.807) is 73.1 Å². The number of aromatic nitrogens is 1. The molecule has 166 valence electrons. The highest BCUT2D eigenvalue weighted by Crippen LogP contribution is 2.41. The summed E-state index contributed by atoms with van der Waals surface area (Å²) in [6, 6.07) is 16.3. The van der Waals surface area contributed by atoms with Gasteiger partial charge in [-0.2, -0.15) is 0 Å². The number of aliphatic hydroxyl groups is 1. The van der Waals surface area contributed by atoms with E-state index in [4.69, 9.17) is 16.3 Å². The molecule has 0 unspecified atom stereocenters. The molecular formula is C26H21ClN2O4. The van der Waals surface area contributed by atoms with Crippen molar-refractivity contribution in [2.24, 2.45) is 0 Å². The number of ketones is 1. The molecule has 0 saturated carbocycles. The number of pyridine rings is 1. The fraction of sp³-hybridized carbons (Fsp3) is 0.115. The molecular weight excluding hydrogens is 440 g/mol. The van der Waals surface area contributed by atoms with E-state index in [9.17, 15) is 14.7 Å². The van der Waals surface area contributed by atoms with Crippen molar-refractivity contribution in [1.82, 2.24) is 9.88 Å². The Bertz CT molecular complexity index is 1220. The summed E-state index contributed by atoms with van der Waals surface area (Å²) in [5.41, 5.74) is 1.79. The lowest BCUT2D eigenvalue weighted by Crippen LogP contribution is -2.29. The number of amides is 1. The molecule has 0 aliphatic carbocycles. The van der Waals surface area contributed by atoms with Gasteiger partial charge in [-0.3, -0.25) is 14.6 Å². The second-order valence-electron chi connectivity index (χ2n) is 7.47. The lowest BCUT2D eigenvalue weighted by atomic mass is 9.95. The zero-order chi connectivity index (χ0) is 23.4. The first-order valence-electron chi connectivity index (χ1n) is 10.3.